The van der Waals surface area contributed by atoms with Gasteiger partial charge in [-0.05, 0) is 44.7 Å². The number of para-hydroxylation sites is 1. The maximum atomic E-state index is 5.18. The number of ether oxygens (including phenoxy) is 1. The van der Waals surface area contributed by atoms with Gasteiger partial charge >= 0.3 is 0 Å². The summed E-state index contributed by atoms with van der Waals surface area (Å²) in [5.41, 5.74) is 4.66. The largest absolute Gasteiger partial charge is 0.383 e. The van der Waals surface area contributed by atoms with E-state index in [9.17, 15) is 0 Å². The van der Waals surface area contributed by atoms with Crippen molar-refractivity contribution in [3.63, 3.8) is 0 Å². The van der Waals surface area contributed by atoms with E-state index in [0.717, 1.165) is 49.9 Å². The molecule has 0 fully saturated rings. The number of methoxy groups -OCH3 is 1. The molecule has 0 aliphatic carbocycles. The molecule has 0 aliphatic heterocycles. The van der Waals surface area contributed by atoms with Crippen molar-refractivity contribution in [1.29, 1.82) is 0 Å². The fourth-order valence-electron chi connectivity index (χ4n) is 3.65. The zero-order valence-electron chi connectivity index (χ0n) is 18.6. The first-order valence-corrected chi connectivity index (χ1v) is 10.7. The van der Waals surface area contributed by atoms with Crippen molar-refractivity contribution < 1.29 is 4.74 Å². The summed E-state index contributed by atoms with van der Waals surface area (Å²) in [4.78, 5) is 4.79. The van der Waals surface area contributed by atoms with E-state index in [0.29, 0.717) is 13.2 Å². The van der Waals surface area contributed by atoms with Crippen LogP contribution in [0.3, 0.4) is 0 Å². The van der Waals surface area contributed by atoms with Gasteiger partial charge in [0.15, 0.2) is 5.96 Å². The molecule has 0 amide bonds. The van der Waals surface area contributed by atoms with Crippen LogP contribution in [0.2, 0.25) is 0 Å². The van der Waals surface area contributed by atoms with E-state index in [1.54, 1.807) is 7.11 Å². The van der Waals surface area contributed by atoms with E-state index in [1.165, 1.54) is 16.5 Å². The van der Waals surface area contributed by atoms with E-state index in [-0.39, 0.29) is 0 Å². The summed E-state index contributed by atoms with van der Waals surface area (Å²) in [5.74, 6) is 0.846. The second-order valence-electron chi connectivity index (χ2n) is 7.41. The molecule has 0 spiro atoms. The molecule has 0 saturated heterocycles. The van der Waals surface area contributed by atoms with Crippen molar-refractivity contribution in [2.45, 2.75) is 46.8 Å². The Hall–Kier alpha value is -2.80. The number of guanidine groups is 1. The van der Waals surface area contributed by atoms with Gasteiger partial charge in [0.2, 0.25) is 0 Å². The number of rotatable bonds is 10. The van der Waals surface area contributed by atoms with Crippen LogP contribution in [-0.4, -0.2) is 47.1 Å². The molecule has 0 unspecified atom stereocenters. The van der Waals surface area contributed by atoms with Crippen LogP contribution in [-0.2, 0) is 24.4 Å². The van der Waals surface area contributed by atoms with Gasteiger partial charge in [-0.3, -0.25) is 4.68 Å². The van der Waals surface area contributed by atoms with Crippen molar-refractivity contribution in [3.8, 4) is 0 Å². The van der Waals surface area contributed by atoms with Gasteiger partial charge in [-0.25, -0.2) is 4.99 Å². The predicted molar refractivity (Wildman–Crippen MR) is 123 cm³/mol. The Morgan fingerprint density at radius 2 is 1.97 bits per heavy atom. The number of fused-ring (bicyclic) bond motifs is 1. The smallest absolute Gasteiger partial charge is 0.191 e. The second kappa shape index (κ2) is 10.8. The van der Waals surface area contributed by atoms with Crippen LogP contribution >= 0.6 is 0 Å². The summed E-state index contributed by atoms with van der Waals surface area (Å²) < 4.78 is 9.49. The number of benzene rings is 1. The maximum absolute atomic E-state index is 5.18. The fraction of sp³-hybridized carbons (Fsp3) is 0.478. The molecule has 7 nitrogen and oxygen atoms in total. The van der Waals surface area contributed by atoms with Gasteiger partial charge in [-0.1, -0.05) is 18.2 Å². The molecule has 7 heteroatoms. The summed E-state index contributed by atoms with van der Waals surface area (Å²) in [6.45, 7) is 10.9. The molecule has 2 aromatic heterocycles. The molecular formula is C23H34N6O. The van der Waals surface area contributed by atoms with Gasteiger partial charge in [0.25, 0.3) is 0 Å². The van der Waals surface area contributed by atoms with E-state index in [1.807, 2.05) is 11.6 Å². The summed E-state index contributed by atoms with van der Waals surface area (Å²) >= 11 is 0. The Morgan fingerprint density at radius 1 is 1.13 bits per heavy atom. The van der Waals surface area contributed by atoms with Crippen LogP contribution in [0.1, 0.15) is 30.3 Å². The Labute approximate surface area is 179 Å². The molecular weight excluding hydrogens is 376 g/mol. The van der Waals surface area contributed by atoms with Crippen LogP contribution in [0.15, 0.2) is 41.5 Å². The van der Waals surface area contributed by atoms with Crippen LogP contribution < -0.4 is 10.6 Å². The van der Waals surface area contributed by atoms with E-state index < -0.39 is 0 Å². The Bertz CT molecular complexity index is 971. The molecule has 30 heavy (non-hydrogen) atoms. The van der Waals surface area contributed by atoms with Crippen molar-refractivity contribution in [3.05, 3.63) is 53.5 Å². The van der Waals surface area contributed by atoms with Gasteiger partial charge in [0.05, 0.1) is 25.4 Å². The summed E-state index contributed by atoms with van der Waals surface area (Å²) in [6.07, 6.45) is 3.19. The van der Waals surface area contributed by atoms with E-state index in [4.69, 9.17) is 9.73 Å². The molecule has 162 valence electrons. The highest BCUT2D eigenvalue weighted by Gasteiger charge is 2.11. The third-order valence-electron chi connectivity index (χ3n) is 5.33. The first-order chi connectivity index (χ1) is 14.6. The van der Waals surface area contributed by atoms with Crippen LogP contribution in [0.25, 0.3) is 10.9 Å². The molecule has 2 heterocycles. The Kier molecular flexibility index (Phi) is 7.90. The third-order valence-corrected chi connectivity index (χ3v) is 5.33. The molecule has 0 bridgehead atoms. The SMILES string of the molecule is CCNC(=NCc1c(C)nn(CCOC)c1C)NCCCn1ccc2ccccc21. The number of aromatic nitrogens is 3. The first-order valence-electron chi connectivity index (χ1n) is 10.7. The highest BCUT2D eigenvalue weighted by Crippen LogP contribution is 2.15. The highest BCUT2D eigenvalue weighted by atomic mass is 16.5. The lowest BCUT2D eigenvalue weighted by Gasteiger charge is -2.12. The van der Waals surface area contributed by atoms with E-state index in [2.05, 4.69) is 70.7 Å². The topological polar surface area (TPSA) is 68.4 Å². The highest BCUT2D eigenvalue weighted by molar-refractivity contribution is 5.80. The maximum Gasteiger partial charge on any atom is 0.191 e. The van der Waals surface area contributed by atoms with Crippen molar-refractivity contribution in [2.24, 2.45) is 4.99 Å². The number of nitrogens with zero attached hydrogens (tertiary/aromatic N) is 4. The van der Waals surface area contributed by atoms with Crippen LogP contribution in [0.4, 0.5) is 0 Å². The number of nitrogens with one attached hydrogen (secondary N) is 2. The van der Waals surface area contributed by atoms with Gasteiger partial charge in [-0.2, -0.15) is 5.10 Å². The standard InChI is InChI=1S/C23H34N6O/c1-5-24-23(26-17-21-18(2)27-29(19(21)3)15-16-30-4)25-12-8-13-28-14-11-20-9-6-7-10-22(20)28/h6-7,9-11,14H,5,8,12-13,15-17H2,1-4H3,(H2,24,25,26). The van der Waals surface area contributed by atoms with Crippen molar-refractivity contribution >= 4 is 16.9 Å². The van der Waals surface area contributed by atoms with Gasteiger partial charge < -0.3 is 19.9 Å². The molecule has 1 aromatic carbocycles. The summed E-state index contributed by atoms with van der Waals surface area (Å²) in [5, 5.41) is 12.7. The quantitative estimate of drug-likeness (QED) is 0.306. The van der Waals surface area contributed by atoms with Gasteiger partial charge in [-0.15, -0.1) is 0 Å². The normalized spacial score (nSPS) is 11.9. The number of aliphatic imine (C=N–C) groups is 1. The second-order valence-corrected chi connectivity index (χ2v) is 7.41. The molecule has 0 radical (unpaired) electrons. The average Bonchev–Trinajstić information content (AvgIpc) is 3.28. The number of hydrogen-bond acceptors (Lipinski definition) is 3. The first kappa shape index (κ1) is 21.9. The number of aryl methyl sites for hydroxylation is 2. The summed E-state index contributed by atoms with van der Waals surface area (Å²) in [6, 6.07) is 10.7. The molecule has 0 saturated carbocycles. The monoisotopic (exact) mass is 410 g/mol. The minimum atomic E-state index is 0.613. The average molecular weight is 411 g/mol. The van der Waals surface area contributed by atoms with E-state index >= 15 is 0 Å². The zero-order chi connectivity index (χ0) is 21.3. The molecule has 3 rings (SSSR count). The predicted octanol–water partition coefficient (Wildman–Crippen LogP) is 3.25. The van der Waals surface area contributed by atoms with Crippen molar-refractivity contribution in [1.82, 2.24) is 25.0 Å². The van der Waals surface area contributed by atoms with Gasteiger partial charge in [0, 0.05) is 49.7 Å². The van der Waals surface area contributed by atoms with Crippen LogP contribution in [0, 0.1) is 13.8 Å². The Balaban J connectivity index is 1.55. The number of hydrogen-bond donors (Lipinski definition) is 2. The third kappa shape index (κ3) is 5.42. The van der Waals surface area contributed by atoms with Gasteiger partial charge in [0.1, 0.15) is 0 Å². The fourth-order valence-corrected chi connectivity index (χ4v) is 3.65. The molecule has 0 aliphatic rings. The van der Waals surface area contributed by atoms with Crippen molar-refractivity contribution in [2.75, 3.05) is 26.8 Å². The lowest BCUT2D eigenvalue weighted by atomic mass is 10.2. The molecule has 0 atom stereocenters. The molecule has 3 aromatic rings. The lowest BCUT2D eigenvalue weighted by molar-refractivity contribution is 0.182. The minimum absolute atomic E-state index is 0.613. The zero-order valence-corrected chi connectivity index (χ0v) is 18.6. The van der Waals surface area contributed by atoms with Crippen LogP contribution in [0.5, 0.6) is 0 Å². The minimum Gasteiger partial charge on any atom is -0.383 e. The molecule has 2 N–H and O–H groups in total. The Morgan fingerprint density at radius 3 is 2.77 bits per heavy atom. The lowest BCUT2D eigenvalue weighted by Crippen LogP contribution is -2.38. The summed E-state index contributed by atoms with van der Waals surface area (Å²) in [7, 11) is 1.71.